The molecule has 0 saturated carbocycles. The van der Waals surface area contributed by atoms with E-state index in [-0.39, 0.29) is 36.0 Å². The Bertz CT molecular complexity index is 1200. The Hall–Kier alpha value is -2.51. The van der Waals surface area contributed by atoms with Gasteiger partial charge in [-0.25, -0.2) is 9.07 Å². The fraction of sp³-hybridized carbons (Fsp3) is 0.520. The fourth-order valence-electron chi connectivity index (χ4n) is 5.79. The smallest absolute Gasteiger partial charge is 0.266 e. The Balaban J connectivity index is 1.39. The third kappa shape index (κ3) is 3.77. The average molecular weight is 439 g/mol. The van der Waals surface area contributed by atoms with E-state index in [2.05, 4.69) is 34.6 Å². The molecule has 2 bridgehead atoms. The van der Waals surface area contributed by atoms with Crippen LogP contribution in [0.25, 0.3) is 10.9 Å². The normalized spacial score (nSPS) is 25.8. The maximum absolute atomic E-state index is 13.9. The maximum atomic E-state index is 13.9. The van der Waals surface area contributed by atoms with Gasteiger partial charge in [-0.15, -0.1) is 0 Å². The lowest BCUT2D eigenvalue weighted by molar-refractivity contribution is -0.0677. The van der Waals surface area contributed by atoms with E-state index in [9.17, 15) is 14.3 Å². The summed E-state index contributed by atoms with van der Waals surface area (Å²) in [7, 11) is 0. The summed E-state index contributed by atoms with van der Waals surface area (Å²) >= 11 is 0. The summed E-state index contributed by atoms with van der Waals surface area (Å²) in [6, 6.07) is 9.03. The van der Waals surface area contributed by atoms with Crippen LogP contribution >= 0.6 is 0 Å². The monoisotopic (exact) mass is 438 g/mol. The molecule has 0 radical (unpaired) electrons. The third-order valence-corrected chi connectivity index (χ3v) is 7.23. The third-order valence-electron chi connectivity index (χ3n) is 7.23. The van der Waals surface area contributed by atoms with E-state index in [4.69, 9.17) is 0 Å². The lowest BCUT2D eigenvalue weighted by atomic mass is 9.85. The van der Waals surface area contributed by atoms with Crippen LogP contribution in [0, 0.1) is 12.7 Å². The zero-order valence-electron chi connectivity index (χ0n) is 19.0. The standard InChI is InChI=1S/C25H31FN4O2/c1-16(2)28-13-18(22-8-5-19(26)10-23(22)28)14-29-20-6-7-21(29)12-25(32,11-20)15-30-24(31)9-4-17(3)27-30/h4-5,8-10,13,16,20-21,32H,6-7,11-12,14-15H2,1-3H3/t20-,21+,25?. The highest BCUT2D eigenvalue weighted by molar-refractivity contribution is 5.84. The fourth-order valence-corrected chi connectivity index (χ4v) is 5.79. The van der Waals surface area contributed by atoms with Gasteiger partial charge in [-0.05, 0) is 76.3 Å². The van der Waals surface area contributed by atoms with Crippen molar-refractivity contribution >= 4 is 10.9 Å². The van der Waals surface area contributed by atoms with E-state index >= 15 is 0 Å². The lowest BCUT2D eigenvalue weighted by Crippen LogP contribution is -2.53. The van der Waals surface area contributed by atoms with Crippen molar-refractivity contribution in [2.75, 3.05) is 0 Å². The average Bonchev–Trinajstić information content (AvgIpc) is 3.20. The Morgan fingerprint density at radius 3 is 2.59 bits per heavy atom. The van der Waals surface area contributed by atoms with E-state index < -0.39 is 5.60 Å². The van der Waals surface area contributed by atoms with Crippen molar-refractivity contribution in [2.45, 2.75) is 83.3 Å². The van der Waals surface area contributed by atoms with Crippen molar-refractivity contribution in [2.24, 2.45) is 0 Å². The van der Waals surface area contributed by atoms with Crippen molar-refractivity contribution < 1.29 is 9.50 Å². The van der Waals surface area contributed by atoms with Crippen LogP contribution in [0.5, 0.6) is 0 Å². The van der Waals surface area contributed by atoms with Gasteiger partial charge in [-0.1, -0.05) is 0 Å². The van der Waals surface area contributed by atoms with Crippen molar-refractivity contribution in [3.05, 3.63) is 64.0 Å². The first-order chi connectivity index (χ1) is 15.2. The minimum Gasteiger partial charge on any atom is -0.388 e. The lowest BCUT2D eigenvalue weighted by Gasteiger charge is -2.43. The second-order valence-electron chi connectivity index (χ2n) is 9.98. The molecule has 2 saturated heterocycles. The molecule has 1 N–H and O–H groups in total. The molecule has 1 unspecified atom stereocenters. The molecule has 5 rings (SSSR count). The summed E-state index contributed by atoms with van der Waals surface area (Å²) in [4.78, 5) is 14.7. The Morgan fingerprint density at radius 2 is 1.91 bits per heavy atom. The van der Waals surface area contributed by atoms with Crippen LogP contribution in [0.2, 0.25) is 0 Å². The molecular weight excluding hydrogens is 407 g/mol. The van der Waals surface area contributed by atoms with Crippen LogP contribution in [0.15, 0.2) is 41.3 Å². The van der Waals surface area contributed by atoms with Crippen LogP contribution in [0.1, 0.15) is 56.8 Å². The molecule has 4 heterocycles. The SMILES string of the molecule is Cc1ccc(=O)n(CC2(O)C[C@H]3CC[C@@H](C2)N3Cc2cn(C(C)C)c3cc(F)ccc23)n1. The highest BCUT2D eigenvalue weighted by Gasteiger charge is 2.48. The first-order valence-electron chi connectivity index (χ1n) is 11.5. The molecule has 7 heteroatoms. The summed E-state index contributed by atoms with van der Waals surface area (Å²) in [5.74, 6) is -0.216. The highest BCUT2D eigenvalue weighted by atomic mass is 19.1. The number of nitrogens with zero attached hydrogens (tertiary/aromatic N) is 4. The second kappa shape index (κ2) is 7.81. The molecule has 0 aliphatic carbocycles. The molecule has 32 heavy (non-hydrogen) atoms. The van der Waals surface area contributed by atoms with Gasteiger partial charge in [-0.3, -0.25) is 9.69 Å². The molecule has 2 aliphatic rings. The zero-order valence-corrected chi connectivity index (χ0v) is 19.0. The molecular formula is C25H31FN4O2. The second-order valence-corrected chi connectivity index (χ2v) is 9.98. The number of rotatable bonds is 5. The minimum atomic E-state index is -0.929. The number of benzene rings is 1. The first-order valence-corrected chi connectivity index (χ1v) is 11.5. The van der Waals surface area contributed by atoms with Crippen LogP contribution in [0.3, 0.4) is 0 Å². The van der Waals surface area contributed by atoms with E-state index in [1.54, 1.807) is 12.1 Å². The molecule has 170 valence electrons. The zero-order chi connectivity index (χ0) is 22.6. The number of halogens is 1. The Morgan fingerprint density at radius 1 is 1.19 bits per heavy atom. The van der Waals surface area contributed by atoms with Gasteiger partial charge in [0.05, 0.1) is 23.4 Å². The summed E-state index contributed by atoms with van der Waals surface area (Å²) < 4.78 is 17.5. The Kier molecular flexibility index (Phi) is 5.21. The van der Waals surface area contributed by atoms with Gasteiger partial charge >= 0.3 is 0 Å². The number of aryl methyl sites for hydroxylation is 1. The van der Waals surface area contributed by atoms with Crippen molar-refractivity contribution in [3.8, 4) is 0 Å². The van der Waals surface area contributed by atoms with Gasteiger partial charge < -0.3 is 9.67 Å². The number of fused-ring (bicyclic) bond motifs is 3. The topological polar surface area (TPSA) is 63.3 Å². The number of aliphatic hydroxyl groups is 1. The van der Waals surface area contributed by atoms with E-state index in [1.807, 2.05) is 13.0 Å². The van der Waals surface area contributed by atoms with Crippen molar-refractivity contribution in [1.82, 2.24) is 19.2 Å². The predicted octanol–water partition coefficient (Wildman–Crippen LogP) is 3.78. The summed E-state index contributed by atoms with van der Waals surface area (Å²) in [5, 5.41) is 16.8. The van der Waals surface area contributed by atoms with Crippen LogP contribution in [-0.2, 0) is 13.1 Å². The summed E-state index contributed by atoms with van der Waals surface area (Å²) in [6.45, 7) is 7.10. The molecule has 2 fully saturated rings. The number of hydrogen-bond donors (Lipinski definition) is 1. The molecule has 3 atom stereocenters. The van der Waals surface area contributed by atoms with Gasteiger partial charge in [0, 0.05) is 42.3 Å². The number of piperidine rings is 1. The predicted molar refractivity (Wildman–Crippen MR) is 122 cm³/mol. The van der Waals surface area contributed by atoms with Crippen molar-refractivity contribution in [3.63, 3.8) is 0 Å². The van der Waals surface area contributed by atoms with E-state index in [0.717, 1.165) is 36.0 Å². The largest absolute Gasteiger partial charge is 0.388 e. The molecule has 0 spiro atoms. The van der Waals surface area contributed by atoms with Gasteiger partial charge in [0.1, 0.15) is 5.82 Å². The number of hydrogen-bond acceptors (Lipinski definition) is 4. The maximum Gasteiger partial charge on any atom is 0.266 e. The van der Waals surface area contributed by atoms with Crippen LogP contribution < -0.4 is 5.56 Å². The minimum absolute atomic E-state index is 0.174. The van der Waals surface area contributed by atoms with Crippen LogP contribution in [-0.4, -0.2) is 42.0 Å². The van der Waals surface area contributed by atoms with Gasteiger partial charge in [0.2, 0.25) is 0 Å². The van der Waals surface area contributed by atoms with Gasteiger partial charge in [-0.2, -0.15) is 5.10 Å². The van der Waals surface area contributed by atoms with Gasteiger partial charge in [0.25, 0.3) is 5.56 Å². The van der Waals surface area contributed by atoms with Crippen LogP contribution in [0.4, 0.5) is 4.39 Å². The molecule has 1 aromatic carbocycles. The summed E-state index contributed by atoms with van der Waals surface area (Å²) in [6.07, 6.45) is 5.50. The molecule has 2 aromatic heterocycles. The van der Waals surface area contributed by atoms with E-state index in [1.165, 1.54) is 22.4 Å². The quantitative estimate of drug-likeness (QED) is 0.659. The molecule has 2 aliphatic heterocycles. The van der Waals surface area contributed by atoms with E-state index in [0.29, 0.717) is 12.8 Å². The van der Waals surface area contributed by atoms with Gasteiger partial charge in [0.15, 0.2) is 0 Å². The summed E-state index contributed by atoms with van der Waals surface area (Å²) in [5.41, 5.74) is 1.80. The Labute approximate surface area is 187 Å². The molecule has 6 nitrogen and oxygen atoms in total. The van der Waals surface area contributed by atoms with Crippen molar-refractivity contribution in [1.29, 1.82) is 0 Å². The number of aromatic nitrogens is 3. The molecule has 0 amide bonds. The first kappa shape index (κ1) is 21.3. The molecule has 3 aromatic rings. The highest BCUT2D eigenvalue weighted by Crippen LogP contribution is 2.43.